The molecular weight excluding hydrogens is 278 g/mol. The van der Waals surface area contributed by atoms with Gasteiger partial charge in [-0.15, -0.1) is 0 Å². The minimum atomic E-state index is -0.685. The van der Waals surface area contributed by atoms with Crippen molar-refractivity contribution in [3.05, 3.63) is 35.4 Å². The number of likely N-dealkylation sites (N-methyl/N-ethyl adjacent to an activating group) is 1. The Morgan fingerprint density at radius 2 is 2.09 bits per heavy atom. The molecule has 1 amide bonds. The number of fused-ring (bicyclic) bond motifs is 1. The Morgan fingerprint density at radius 3 is 2.86 bits per heavy atom. The van der Waals surface area contributed by atoms with E-state index >= 15 is 0 Å². The normalized spacial score (nSPS) is 23.1. The van der Waals surface area contributed by atoms with Gasteiger partial charge in [-0.1, -0.05) is 37.1 Å². The molecule has 4 heteroatoms. The molecule has 1 aliphatic carbocycles. The molecule has 0 aromatic heterocycles. The highest BCUT2D eigenvalue weighted by atomic mass is 16.5. The molecule has 0 saturated heterocycles. The van der Waals surface area contributed by atoms with Crippen molar-refractivity contribution in [3.8, 4) is 0 Å². The Labute approximate surface area is 132 Å². The SMILES string of the molecule is CN(CC1(O)CCCC1)C(=O)CC1OCCc2ccccc21. The fourth-order valence-corrected chi connectivity index (χ4v) is 3.68. The molecule has 1 unspecified atom stereocenters. The molecule has 0 bridgehead atoms. The van der Waals surface area contributed by atoms with Crippen LogP contribution in [0.3, 0.4) is 0 Å². The van der Waals surface area contributed by atoms with Crippen LogP contribution in [0.15, 0.2) is 24.3 Å². The Hall–Kier alpha value is -1.39. The highest BCUT2D eigenvalue weighted by molar-refractivity contribution is 5.76. The highest BCUT2D eigenvalue weighted by Gasteiger charge is 2.34. The van der Waals surface area contributed by atoms with Crippen LogP contribution in [0.2, 0.25) is 0 Å². The summed E-state index contributed by atoms with van der Waals surface area (Å²) in [6, 6.07) is 8.19. The number of carbonyl (C=O) groups is 1. The van der Waals surface area contributed by atoms with Crippen molar-refractivity contribution in [1.82, 2.24) is 4.90 Å². The average Bonchev–Trinajstić information content (AvgIpc) is 2.94. The lowest BCUT2D eigenvalue weighted by Gasteiger charge is -2.31. The van der Waals surface area contributed by atoms with Gasteiger partial charge in [-0.25, -0.2) is 0 Å². The lowest BCUT2D eigenvalue weighted by atomic mass is 9.95. The number of nitrogens with zero attached hydrogens (tertiary/aromatic N) is 1. The molecule has 3 rings (SSSR count). The number of ether oxygens (including phenoxy) is 1. The molecule has 1 aromatic carbocycles. The van der Waals surface area contributed by atoms with Crippen LogP contribution in [-0.4, -0.2) is 41.7 Å². The van der Waals surface area contributed by atoms with Crippen LogP contribution >= 0.6 is 0 Å². The summed E-state index contributed by atoms with van der Waals surface area (Å²) in [5.74, 6) is 0.0435. The second-order valence-electron chi connectivity index (χ2n) is 6.69. The summed E-state index contributed by atoms with van der Waals surface area (Å²) in [5, 5.41) is 10.4. The Bertz CT molecular complexity index is 537. The molecule has 1 saturated carbocycles. The van der Waals surface area contributed by atoms with Crippen molar-refractivity contribution in [2.24, 2.45) is 0 Å². The van der Waals surface area contributed by atoms with Gasteiger partial charge < -0.3 is 14.7 Å². The van der Waals surface area contributed by atoms with E-state index in [1.807, 2.05) is 12.1 Å². The van der Waals surface area contributed by atoms with Gasteiger partial charge in [-0.05, 0) is 30.4 Å². The first-order valence-electron chi connectivity index (χ1n) is 8.23. The Morgan fingerprint density at radius 1 is 1.36 bits per heavy atom. The zero-order valence-electron chi connectivity index (χ0n) is 13.3. The summed E-state index contributed by atoms with van der Waals surface area (Å²) in [4.78, 5) is 14.2. The van der Waals surface area contributed by atoms with Crippen LogP contribution in [0.5, 0.6) is 0 Å². The first-order chi connectivity index (χ1) is 10.6. The van der Waals surface area contributed by atoms with Crippen LogP contribution < -0.4 is 0 Å². The standard InChI is InChI=1S/C18H25NO3/c1-19(13-18(21)9-4-5-10-18)17(20)12-16-15-7-3-2-6-14(15)8-11-22-16/h2-3,6-7,16,21H,4-5,8-13H2,1H3. The van der Waals surface area contributed by atoms with E-state index in [4.69, 9.17) is 4.74 Å². The molecule has 4 nitrogen and oxygen atoms in total. The van der Waals surface area contributed by atoms with Crippen LogP contribution in [-0.2, 0) is 16.0 Å². The van der Waals surface area contributed by atoms with Crippen LogP contribution in [0.1, 0.15) is 49.3 Å². The number of benzene rings is 1. The molecule has 0 radical (unpaired) electrons. The average molecular weight is 303 g/mol. The first kappa shape index (κ1) is 15.5. The van der Waals surface area contributed by atoms with Crippen molar-refractivity contribution in [2.45, 2.75) is 50.2 Å². The molecule has 1 N–H and O–H groups in total. The predicted octanol–water partition coefficient (Wildman–Crippen LogP) is 2.45. The molecule has 1 fully saturated rings. The summed E-state index contributed by atoms with van der Waals surface area (Å²) < 4.78 is 5.81. The van der Waals surface area contributed by atoms with Gasteiger partial charge in [0, 0.05) is 13.6 Å². The van der Waals surface area contributed by atoms with Crippen LogP contribution in [0.4, 0.5) is 0 Å². The molecule has 1 heterocycles. The van der Waals surface area contributed by atoms with Crippen molar-refractivity contribution in [1.29, 1.82) is 0 Å². The summed E-state index contributed by atoms with van der Waals surface area (Å²) in [7, 11) is 1.79. The summed E-state index contributed by atoms with van der Waals surface area (Å²) in [5.41, 5.74) is 1.73. The van der Waals surface area contributed by atoms with E-state index in [1.54, 1.807) is 11.9 Å². The maximum atomic E-state index is 12.5. The third kappa shape index (κ3) is 3.33. The van der Waals surface area contributed by atoms with E-state index in [1.165, 1.54) is 5.56 Å². The Kier molecular flexibility index (Phi) is 4.50. The molecule has 1 atom stereocenters. The second-order valence-corrected chi connectivity index (χ2v) is 6.69. The maximum absolute atomic E-state index is 12.5. The smallest absolute Gasteiger partial charge is 0.225 e. The fourth-order valence-electron chi connectivity index (χ4n) is 3.68. The number of hydrogen-bond acceptors (Lipinski definition) is 3. The largest absolute Gasteiger partial charge is 0.388 e. The first-order valence-corrected chi connectivity index (χ1v) is 8.23. The third-order valence-corrected chi connectivity index (χ3v) is 4.94. The number of rotatable bonds is 4. The Balaban J connectivity index is 1.62. The van der Waals surface area contributed by atoms with Crippen molar-refractivity contribution < 1.29 is 14.6 Å². The fraction of sp³-hybridized carbons (Fsp3) is 0.611. The van der Waals surface area contributed by atoms with Gasteiger partial charge in [0.1, 0.15) is 0 Å². The van der Waals surface area contributed by atoms with Gasteiger partial charge in [0.15, 0.2) is 0 Å². The number of amides is 1. The van der Waals surface area contributed by atoms with Crippen LogP contribution in [0.25, 0.3) is 0 Å². The van der Waals surface area contributed by atoms with E-state index in [9.17, 15) is 9.90 Å². The van der Waals surface area contributed by atoms with E-state index in [0.717, 1.165) is 37.7 Å². The van der Waals surface area contributed by atoms with Gasteiger partial charge in [0.05, 0.1) is 24.7 Å². The number of aliphatic hydroxyl groups is 1. The van der Waals surface area contributed by atoms with Crippen molar-refractivity contribution in [2.75, 3.05) is 20.2 Å². The maximum Gasteiger partial charge on any atom is 0.225 e. The van der Waals surface area contributed by atoms with E-state index < -0.39 is 5.60 Å². The van der Waals surface area contributed by atoms with Crippen molar-refractivity contribution >= 4 is 5.91 Å². The van der Waals surface area contributed by atoms with Crippen molar-refractivity contribution in [3.63, 3.8) is 0 Å². The quantitative estimate of drug-likeness (QED) is 0.929. The molecule has 1 aliphatic heterocycles. The summed E-state index contributed by atoms with van der Waals surface area (Å²) in [6.07, 6.45) is 4.81. The lowest BCUT2D eigenvalue weighted by molar-refractivity contribution is -0.136. The van der Waals surface area contributed by atoms with E-state index in [2.05, 4.69) is 12.1 Å². The van der Waals surface area contributed by atoms with Gasteiger partial charge in [0.2, 0.25) is 5.91 Å². The van der Waals surface area contributed by atoms with E-state index in [-0.39, 0.29) is 12.0 Å². The monoisotopic (exact) mass is 303 g/mol. The zero-order chi connectivity index (χ0) is 15.6. The van der Waals surface area contributed by atoms with Gasteiger partial charge >= 0.3 is 0 Å². The molecule has 0 spiro atoms. The molecule has 22 heavy (non-hydrogen) atoms. The number of carbonyl (C=O) groups excluding carboxylic acids is 1. The minimum Gasteiger partial charge on any atom is -0.388 e. The van der Waals surface area contributed by atoms with E-state index in [0.29, 0.717) is 19.6 Å². The van der Waals surface area contributed by atoms with Crippen LogP contribution in [0, 0.1) is 0 Å². The molecular formula is C18H25NO3. The zero-order valence-corrected chi connectivity index (χ0v) is 13.3. The molecule has 2 aliphatic rings. The topological polar surface area (TPSA) is 49.8 Å². The summed E-state index contributed by atoms with van der Waals surface area (Å²) >= 11 is 0. The number of hydrogen-bond donors (Lipinski definition) is 1. The second kappa shape index (κ2) is 6.39. The minimum absolute atomic E-state index is 0.0435. The predicted molar refractivity (Wildman–Crippen MR) is 84.5 cm³/mol. The highest BCUT2D eigenvalue weighted by Crippen LogP contribution is 2.32. The van der Waals surface area contributed by atoms with Gasteiger partial charge in [-0.2, -0.15) is 0 Å². The van der Waals surface area contributed by atoms with Gasteiger partial charge in [-0.3, -0.25) is 4.79 Å². The molecule has 120 valence electrons. The van der Waals surface area contributed by atoms with Gasteiger partial charge in [0.25, 0.3) is 0 Å². The third-order valence-electron chi connectivity index (χ3n) is 4.94. The lowest BCUT2D eigenvalue weighted by Crippen LogP contribution is -2.42. The molecule has 1 aromatic rings. The summed E-state index contributed by atoms with van der Waals surface area (Å²) in [6.45, 7) is 1.10.